The number of rotatable bonds is 3. The van der Waals surface area contributed by atoms with Gasteiger partial charge >= 0.3 is 0 Å². The van der Waals surface area contributed by atoms with Crippen LogP contribution in [0.15, 0.2) is 18.2 Å². The van der Waals surface area contributed by atoms with Gasteiger partial charge in [0.1, 0.15) is 5.00 Å². The molecule has 2 aromatic rings. The molecule has 1 aromatic heterocycles. The monoisotopic (exact) mass is 344 g/mol. The minimum absolute atomic E-state index is 0.157. The molecule has 0 bridgehead atoms. The van der Waals surface area contributed by atoms with Crippen LogP contribution in [0.4, 0.5) is 5.00 Å². The molecule has 1 aliphatic heterocycles. The van der Waals surface area contributed by atoms with Crippen molar-refractivity contribution in [3.05, 3.63) is 39.8 Å². The van der Waals surface area contributed by atoms with Crippen LogP contribution in [0, 0.1) is 0 Å². The van der Waals surface area contributed by atoms with Crippen molar-refractivity contribution in [2.45, 2.75) is 25.7 Å². The van der Waals surface area contributed by atoms with Gasteiger partial charge in [-0.05, 0) is 49.4 Å². The first-order valence-electron chi connectivity index (χ1n) is 7.79. The van der Waals surface area contributed by atoms with E-state index in [1.807, 2.05) is 0 Å². The second kappa shape index (κ2) is 5.83. The maximum Gasteiger partial charge on any atom is 0.256 e. The maximum absolute atomic E-state index is 12.5. The molecular formula is C17H16N2O4S. The number of ether oxygens (including phenoxy) is 2. The summed E-state index contributed by atoms with van der Waals surface area (Å²) < 4.78 is 10.5. The summed E-state index contributed by atoms with van der Waals surface area (Å²) in [5.41, 5.74) is 7.46. The van der Waals surface area contributed by atoms with Crippen molar-refractivity contribution in [3.8, 4) is 11.5 Å². The van der Waals surface area contributed by atoms with Crippen molar-refractivity contribution in [2.75, 3.05) is 12.1 Å². The minimum Gasteiger partial charge on any atom is -0.454 e. The molecule has 0 fully saturated rings. The van der Waals surface area contributed by atoms with Crippen molar-refractivity contribution in [3.63, 3.8) is 0 Å². The summed E-state index contributed by atoms with van der Waals surface area (Å²) in [6, 6.07) is 5.00. The first kappa shape index (κ1) is 15.0. The number of nitrogens with two attached hydrogens (primary N) is 1. The molecular weight excluding hydrogens is 328 g/mol. The standard InChI is InChI=1S/C17H16N2O4S/c18-15(20)14-10-3-1-2-4-13(10)24-17(14)19-16(21)9-5-6-11-12(7-9)23-8-22-11/h5-7H,1-4,8H2,(H2,18,20)(H,19,21). The third-order valence-electron chi connectivity index (χ3n) is 4.28. The molecule has 1 aromatic carbocycles. The molecule has 7 heteroatoms. The molecule has 2 aliphatic rings. The lowest BCUT2D eigenvalue weighted by molar-refractivity contribution is 0.100. The van der Waals surface area contributed by atoms with Crippen LogP contribution in [0.1, 0.15) is 44.0 Å². The number of fused-ring (bicyclic) bond motifs is 2. The molecule has 24 heavy (non-hydrogen) atoms. The van der Waals surface area contributed by atoms with Gasteiger partial charge in [0.2, 0.25) is 6.79 Å². The summed E-state index contributed by atoms with van der Waals surface area (Å²) in [5, 5.41) is 3.38. The highest BCUT2D eigenvalue weighted by molar-refractivity contribution is 7.17. The van der Waals surface area contributed by atoms with Gasteiger partial charge in [0.25, 0.3) is 11.8 Å². The Bertz CT molecular complexity index is 843. The molecule has 0 spiro atoms. The molecule has 2 heterocycles. The molecule has 4 rings (SSSR count). The highest BCUT2D eigenvalue weighted by Crippen LogP contribution is 2.38. The number of carbonyl (C=O) groups excluding carboxylic acids is 2. The largest absolute Gasteiger partial charge is 0.454 e. The van der Waals surface area contributed by atoms with Gasteiger partial charge in [-0.25, -0.2) is 0 Å². The number of nitrogens with one attached hydrogen (secondary N) is 1. The zero-order valence-corrected chi connectivity index (χ0v) is 13.7. The van der Waals surface area contributed by atoms with Gasteiger partial charge in [0, 0.05) is 10.4 Å². The van der Waals surface area contributed by atoms with Gasteiger partial charge < -0.3 is 20.5 Å². The first-order valence-corrected chi connectivity index (χ1v) is 8.60. The highest BCUT2D eigenvalue weighted by Gasteiger charge is 2.25. The summed E-state index contributed by atoms with van der Waals surface area (Å²) in [6.07, 6.45) is 3.91. The molecule has 2 amide bonds. The van der Waals surface area contributed by atoms with Crippen molar-refractivity contribution >= 4 is 28.2 Å². The predicted molar refractivity (Wildman–Crippen MR) is 90.0 cm³/mol. The van der Waals surface area contributed by atoms with Crippen LogP contribution in [-0.4, -0.2) is 18.6 Å². The van der Waals surface area contributed by atoms with E-state index in [2.05, 4.69) is 5.32 Å². The van der Waals surface area contributed by atoms with Gasteiger partial charge in [-0.2, -0.15) is 0 Å². The zero-order chi connectivity index (χ0) is 16.7. The quantitative estimate of drug-likeness (QED) is 0.896. The fourth-order valence-electron chi connectivity index (χ4n) is 3.13. The van der Waals surface area contributed by atoms with Crippen molar-refractivity contribution < 1.29 is 19.1 Å². The smallest absolute Gasteiger partial charge is 0.256 e. The Morgan fingerprint density at radius 1 is 1.12 bits per heavy atom. The van der Waals surface area contributed by atoms with E-state index in [1.54, 1.807) is 18.2 Å². The predicted octanol–water partition coefficient (Wildman–Crippen LogP) is 2.71. The molecule has 6 nitrogen and oxygen atoms in total. The third kappa shape index (κ3) is 2.50. The number of primary amides is 1. The summed E-state index contributed by atoms with van der Waals surface area (Å²) >= 11 is 1.45. The topological polar surface area (TPSA) is 90.7 Å². The van der Waals surface area contributed by atoms with Crippen LogP contribution in [0.3, 0.4) is 0 Å². The Kier molecular flexibility index (Phi) is 3.65. The van der Waals surface area contributed by atoms with E-state index in [4.69, 9.17) is 15.2 Å². The van der Waals surface area contributed by atoms with Crippen LogP contribution in [0.2, 0.25) is 0 Å². The summed E-state index contributed by atoms with van der Waals surface area (Å²) in [6.45, 7) is 0.157. The van der Waals surface area contributed by atoms with Crippen molar-refractivity contribution in [2.24, 2.45) is 5.73 Å². The lowest BCUT2D eigenvalue weighted by Gasteiger charge is -2.11. The molecule has 0 saturated heterocycles. The first-order chi connectivity index (χ1) is 11.6. The van der Waals surface area contributed by atoms with E-state index >= 15 is 0 Å². The molecule has 3 N–H and O–H groups in total. The van der Waals surface area contributed by atoms with Crippen LogP contribution in [0.5, 0.6) is 11.5 Å². The SMILES string of the molecule is NC(=O)c1c(NC(=O)c2ccc3c(c2)OCO3)sc2c1CCCC2. The van der Waals surface area contributed by atoms with Gasteiger partial charge in [-0.1, -0.05) is 0 Å². The lowest BCUT2D eigenvalue weighted by atomic mass is 9.95. The minimum atomic E-state index is -0.490. The van der Waals surface area contributed by atoms with Crippen molar-refractivity contribution in [1.82, 2.24) is 0 Å². The summed E-state index contributed by atoms with van der Waals surface area (Å²) in [4.78, 5) is 25.6. The van der Waals surface area contributed by atoms with E-state index in [9.17, 15) is 9.59 Å². The number of aryl methyl sites for hydroxylation is 1. The number of hydrogen-bond donors (Lipinski definition) is 2. The Hall–Kier alpha value is -2.54. The van der Waals surface area contributed by atoms with Crippen LogP contribution in [0.25, 0.3) is 0 Å². The number of amides is 2. The van der Waals surface area contributed by atoms with Gasteiger partial charge in [0.15, 0.2) is 11.5 Å². The average molecular weight is 344 g/mol. The Morgan fingerprint density at radius 2 is 1.92 bits per heavy atom. The Balaban J connectivity index is 1.64. The molecule has 1 aliphatic carbocycles. The Morgan fingerprint density at radius 3 is 2.75 bits per heavy atom. The van der Waals surface area contributed by atoms with E-state index < -0.39 is 5.91 Å². The highest BCUT2D eigenvalue weighted by atomic mass is 32.1. The van der Waals surface area contributed by atoms with E-state index in [-0.39, 0.29) is 12.7 Å². The number of benzene rings is 1. The van der Waals surface area contributed by atoms with E-state index in [0.29, 0.717) is 27.6 Å². The average Bonchev–Trinajstić information content (AvgIpc) is 3.17. The number of carbonyl (C=O) groups is 2. The molecule has 124 valence electrons. The second-order valence-electron chi connectivity index (χ2n) is 5.80. The third-order valence-corrected chi connectivity index (χ3v) is 5.49. The fraction of sp³-hybridized carbons (Fsp3) is 0.294. The second-order valence-corrected chi connectivity index (χ2v) is 6.91. The van der Waals surface area contributed by atoms with Crippen LogP contribution in [-0.2, 0) is 12.8 Å². The maximum atomic E-state index is 12.5. The molecule has 0 radical (unpaired) electrons. The number of hydrogen-bond acceptors (Lipinski definition) is 5. The molecule has 0 unspecified atom stereocenters. The van der Waals surface area contributed by atoms with Gasteiger partial charge in [0.05, 0.1) is 5.56 Å². The summed E-state index contributed by atoms with van der Waals surface area (Å²) in [5.74, 6) is 0.379. The fourth-order valence-corrected chi connectivity index (χ4v) is 4.42. The lowest BCUT2D eigenvalue weighted by Crippen LogP contribution is -2.18. The normalized spacial score (nSPS) is 15.0. The van der Waals surface area contributed by atoms with Gasteiger partial charge in [-0.3, -0.25) is 9.59 Å². The number of anilines is 1. The summed E-state index contributed by atoms with van der Waals surface area (Å²) in [7, 11) is 0. The molecule has 0 atom stereocenters. The van der Waals surface area contributed by atoms with Crippen LogP contribution >= 0.6 is 11.3 Å². The van der Waals surface area contributed by atoms with E-state index in [0.717, 1.165) is 36.1 Å². The Labute approximate surface area is 142 Å². The van der Waals surface area contributed by atoms with Gasteiger partial charge in [-0.15, -0.1) is 11.3 Å². The zero-order valence-electron chi connectivity index (χ0n) is 12.9. The van der Waals surface area contributed by atoms with E-state index in [1.165, 1.54) is 11.3 Å². The van der Waals surface area contributed by atoms with Crippen molar-refractivity contribution in [1.29, 1.82) is 0 Å². The van der Waals surface area contributed by atoms with Crippen LogP contribution < -0.4 is 20.5 Å². The molecule has 0 saturated carbocycles. The number of thiophene rings is 1.